The summed E-state index contributed by atoms with van der Waals surface area (Å²) >= 11 is 6.09. The summed E-state index contributed by atoms with van der Waals surface area (Å²) in [5.74, 6) is -0.614. The number of nitro groups is 1. The van der Waals surface area contributed by atoms with E-state index in [4.69, 9.17) is 11.6 Å². The summed E-state index contributed by atoms with van der Waals surface area (Å²) < 4.78 is 0. The number of hydrogen-bond acceptors (Lipinski definition) is 5. The van der Waals surface area contributed by atoms with Crippen LogP contribution in [0.4, 0.5) is 11.4 Å². The first kappa shape index (κ1) is 22.3. The molecule has 0 radical (unpaired) electrons. The van der Waals surface area contributed by atoms with Crippen molar-refractivity contribution in [3.63, 3.8) is 0 Å². The molecule has 0 spiro atoms. The molecule has 8 nitrogen and oxygen atoms in total. The summed E-state index contributed by atoms with van der Waals surface area (Å²) in [5.41, 5.74) is 0.779. The molecule has 0 fully saturated rings. The van der Waals surface area contributed by atoms with Crippen LogP contribution in [0.1, 0.15) is 25.5 Å². The first-order valence-electron chi connectivity index (χ1n) is 8.98. The van der Waals surface area contributed by atoms with Crippen molar-refractivity contribution >= 4 is 34.8 Å². The fourth-order valence-corrected chi connectivity index (χ4v) is 3.07. The third-order valence-corrected chi connectivity index (χ3v) is 4.38. The number of nitrogens with zero attached hydrogens (tertiary/aromatic N) is 2. The van der Waals surface area contributed by atoms with E-state index < -0.39 is 16.9 Å². The summed E-state index contributed by atoms with van der Waals surface area (Å²) in [6.45, 7) is 3.73. The predicted octanol–water partition coefficient (Wildman–Crippen LogP) is 3.38. The van der Waals surface area contributed by atoms with Crippen molar-refractivity contribution in [2.75, 3.05) is 18.9 Å². The van der Waals surface area contributed by atoms with Gasteiger partial charge >= 0.3 is 0 Å². The number of carbonyl (C=O) groups excluding carboxylic acids is 2. The van der Waals surface area contributed by atoms with Gasteiger partial charge in [0.2, 0.25) is 11.8 Å². The standard InChI is InChI=1S/C20H23ClN4O4/c1-13(2)22-18(26)12-24(3)19(14-7-5-4-6-8-14)20(27)23-17-10-9-15(25(28)29)11-16(17)21/h4-11,13,19H,12H2,1-3H3,(H,22,26)(H,23,27)/t19-/m0/s1. The highest BCUT2D eigenvalue weighted by Gasteiger charge is 2.27. The maximum atomic E-state index is 13.1. The van der Waals surface area contributed by atoms with Crippen molar-refractivity contribution < 1.29 is 14.5 Å². The highest BCUT2D eigenvalue weighted by atomic mass is 35.5. The number of likely N-dealkylation sites (N-methyl/N-ethyl adjacent to an activating group) is 1. The number of rotatable bonds is 8. The highest BCUT2D eigenvalue weighted by Crippen LogP contribution is 2.28. The summed E-state index contributed by atoms with van der Waals surface area (Å²) in [7, 11) is 1.68. The lowest BCUT2D eigenvalue weighted by Crippen LogP contribution is -2.43. The van der Waals surface area contributed by atoms with Gasteiger partial charge in [-0.2, -0.15) is 0 Å². The van der Waals surface area contributed by atoms with Gasteiger partial charge in [0.05, 0.1) is 22.2 Å². The molecule has 0 aromatic heterocycles. The quantitative estimate of drug-likeness (QED) is 0.505. The molecular weight excluding hydrogens is 396 g/mol. The Balaban J connectivity index is 2.26. The van der Waals surface area contributed by atoms with Crippen LogP contribution >= 0.6 is 11.6 Å². The fourth-order valence-electron chi connectivity index (χ4n) is 2.85. The Bertz CT molecular complexity index is 889. The summed E-state index contributed by atoms with van der Waals surface area (Å²) in [5, 5.41) is 16.4. The average molecular weight is 419 g/mol. The van der Waals surface area contributed by atoms with E-state index in [1.807, 2.05) is 19.9 Å². The van der Waals surface area contributed by atoms with Gasteiger partial charge in [-0.3, -0.25) is 24.6 Å². The van der Waals surface area contributed by atoms with E-state index in [-0.39, 0.29) is 34.9 Å². The molecule has 0 saturated carbocycles. The van der Waals surface area contributed by atoms with E-state index in [9.17, 15) is 19.7 Å². The minimum atomic E-state index is -0.764. The molecule has 2 N–H and O–H groups in total. The van der Waals surface area contributed by atoms with Gasteiger partial charge in [-0.25, -0.2) is 0 Å². The van der Waals surface area contributed by atoms with E-state index in [1.54, 1.807) is 36.2 Å². The lowest BCUT2D eigenvalue weighted by atomic mass is 10.0. The second kappa shape index (κ2) is 9.99. The van der Waals surface area contributed by atoms with Crippen molar-refractivity contribution in [2.24, 2.45) is 0 Å². The van der Waals surface area contributed by atoms with Gasteiger partial charge < -0.3 is 10.6 Å². The molecule has 2 aromatic rings. The van der Waals surface area contributed by atoms with Crippen LogP contribution in [0.2, 0.25) is 5.02 Å². The third kappa shape index (κ3) is 6.27. The maximum absolute atomic E-state index is 13.1. The molecule has 0 aliphatic rings. The molecule has 0 unspecified atom stereocenters. The average Bonchev–Trinajstić information content (AvgIpc) is 2.63. The van der Waals surface area contributed by atoms with Gasteiger partial charge in [0.15, 0.2) is 0 Å². The van der Waals surface area contributed by atoms with E-state index >= 15 is 0 Å². The van der Waals surface area contributed by atoms with Crippen LogP contribution in [0, 0.1) is 10.1 Å². The number of nitro benzene ring substituents is 1. The Labute approximate surface area is 174 Å². The molecule has 9 heteroatoms. The lowest BCUT2D eigenvalue weighted by molar-refractivity contribution is -0.384. The number of amides is 2. The Morgan fingerprint density at radius 1 is 1.17 bits per heavy atom. The van der Waals surface area contributed by atoms with Crippen LogP contribution in [-0.2, 0) is 9.59 Å². The zero-order valence-corrected chi connectivity index (χ0v) is 17.1. The molecule has 2 aromatic carbocycles. The van der Waals surface area contributed by atoms with Crippen molar-refractivity contribution in [1.82, 2.24) is 10.2 Å². The lowest BCUT2D eigenvalue weighted by Gasteiger charge is -2.27. The third-order valence-electron chi connectivity index (χ3n) is 4.07. The highest BCUT2D eigenvalue weighted by molar-refractivity contribution is 6.34. The molecule has 2 amide bonds. The number of anilines is 1. The normalized spacial score (nSPS) is 11.9. The number of nitrogens with one attached hydrogen (secondary N) is 2. The SMILES string of the molecule is CC(C)NC(=O)CN(C)[C@H](C(=O)Nc1ccc([N+](=O)[O-])cc1Cl)c1ccccc1. The van der Waals surface area contributed by atoms with Gasteiger partial charge in [-0.05, 0) is 32.5 Å². The minimum Gasteiger partial charge on any atom is -0.353 e. The van der Waals surface area contributed by atoms with Crippen LogP contribution in [-0.4, -0.2) is 41.3 Å². The zero-order valence-electron chi connectivity index (χ0n) is 16.4. The van der Waals surface area contributed by atoms with Crippen LogP contribution < -0.4 is 10.6 Å². The van der Waals surface area contributed by atoms with Crippen LogP contribution in [0.15, 0.2) is 48.5 Å². The molecule has 0 bridgehead atoms. The summed E-state index contributed by atoms with van der Waals surface area (Å²) in [6.07, 6.45) is 0. The maximum Gasteiger partial charge on any atom is 0.271 e. The van der Waals surface area contributed by atoms with Gasteiger partial charge in [0.25, 0.3) is 5.69 Å². The first-order valence-corrected chi connectivity index (χ1v) is 9.36. The number of benzene rings is 2. The number of halogens is 1. The van der Waals surface area contributed by atoms with Gasteiger partial charge in [-0.1, -0.05) is 41.9 Å². The van der Waals surface area contributed by atoms with Gasteiger partial charge in [0, 0.05) is 18.2 Å². The van der Waals surface area contributed by atoms with Crippen LogP contribution in [0.3, 0.4) is 0 Å². The number of hydrogen-bond donors (Lipinski definition) is 2. The van der Waals surface area contributed by atoms with Crippen LogP contribution in [0.25, 0.3) is 0 Å². The largest absolute Gasteiger partial charge is 0.353 e. The first-order chi connectivity index (χ1) is 13.7. The molecule has 0 aliphatic carbocycles. The predicted molar refractivity (Wildman–Crippen MR) is 112 cm³/mol. The van der Waals surface area contributed by atoms with Crippen molar-refractivity contribution in [3.05, 3.63) is 69.2 Å². The second-order valence-electron chi connectivity index (χ2n) is 6.86. The fraction of sp³-hybridized carbons (Fsp3) is 0.300. The topological polar surface area (TPSA) is 105 Å². The zero-order chi connectivity index (χ0) is 21.6. The molecule has 154 valence electrons. The Morgan fingerprint density at radius 3 is 2.38 bits per heavy atom. The van der Waals surface area contributed by atoms with E-state index in [0.717, 1.165) is 0 Å². The van der Waals surface area contributed by atoms with E-state index in [2.05, 4.69) is 10.6 Å². The number of non-ortho nitro benzene ring substituents is 1. The molecule has 29 heavy (non-hydrogen) atoms. The molecular formula is C20H23ClN4O4. The minimum absolute atomic E-state index is 0.0131. The Kier molecular flexibility index (Phi) is 7.69. The Morgan fingerprint density at radius 2 is 1.83 bits per heavy atom. The summed E-state index contributed by atoms with van der Waals surface area (Å²) in [6, 6.07) is 12.1. The van der Waals surface area contributed by atoms with Gasteiger partial charge in [-0.15, -0.1) is 0 Å². The molecule has 0 saturated heterocycles. The molecule has 2 rings (SSSR count). The van der Waals surface area contributed by atoms with Crippen molar-refractivity contribution in [2.45, 2.75) is 25.9 Å². The smallest absolute Gasteiger partial charge is 0.271 e. The Hall–Kier alpha value is -2.97. The van der Waals surface area contributed by atoms with Crippen molar-refractivity contribution in [3.8, 4) is 0 Å². The molecule has 0 aliphatic heterocycles. The summed E-state index contributed by atoms with van der Waals surface area (Å²) in [4.78, 5) is 37.1. The second-order valence-corrected chi connectivity index (χ2v) is 7.27. The molecule has 1 atom stereocenters. The van der Waals surface area contributed by atoms with Crippen molar-refractivity contribution in [1.29, 1.82) is 0 Å². The van der Waals surface area contributed by atoms with E-state index in [1.165, 1.54) is 18.2 Å². The van der Waals surface area contributed by atoms with Crippen LogP contribution in [0.5, 0.6) is 0 Å². The van der Waals surface area contributed by atoms with E-state index in [0.29, 0.717) is 5.56 Å². The number of carbonyl (C=O) groups is 2. The molecule has 0 heterocycles. The van der Waals surface area contributed by atoms with Gasteiger partial charge in [0.1, 0.15) is 6.04 Å². The monoisotopic (exact) mass is 418 g/mol.